The largest absolute Gasteiger partial charge is 0.476 e. The lowest BCUT2D eigenvalue weighted by atomic mass is 10.4. The van der Waals surface area contributed by atoms with E-state index in [2.05, 4.69) is 16.9 Å². The zero-order valence-corrected chi connectivity index (χ0v) is 11.2. The van der Waals surface area contributed by atoms with E-state index >= 15 is 0 Å². The first-order valence-electron chi connectivity index (χ1n) is 5.87. The molecule has 2 aromatic heterocycles. The summed E-state index contributed by atoms with van der Waals surface area (Å²) in [6.07, 6.45) is 3.54. The minimum absolute atomic E-state index is 0.171. The lowest BCUT2D eigenvalue weighted by Gasteiger charge is -2.03. The maximum Gasteiger partial charge on any atom is 0.356 e. The summed E-state index contributed by atoms with van der Waals surface area (Å²) in [5, 5.41) is 12.3. The van der Waals surface area contributed by atoms with Gasteiger partial charge in [0.15, 0.2) is 11.5 Å². The molecule has 6 heteroatoms. The van der Waals surface area contributed by atoms with Gasteiger partial charge in [-0.25, -0.2) is 9.78 Å². The average Bonchev–Trinajstić information content (AvgIpc) is 2.76. The van der Waals surface area contributed by atoms with Crippen LogP contribution in [0.2, 0.25) is 0 Å². The van der Waals surface area contributed by atoms with Gasteiger partial charge in [-0.2, -0.15) is 11.8 Å². The Morgan fingerprint density at radius 2 is 2.42 bits per heavy atom. The molecule has 5 nitrogen and oxygen atoms in total. The van der Waals surface area contributed by atoms with E-state index in [-0.39, 0.29) is 5.69 Å². The van der Waals surface area contributed by atoms with E-state index in [1.54, 1.807) is 34.5 Å². The van der Waals surface area contributed by atoms with E-state index in [0.29, 0.717) is 18.0 Å². The van der Waals surface area contributed by atoms with Crippen molar-refractivity contribution in [2.75, 3.05) is 23.4 Å². The molecule has 19 heavy (non-hydrogen) atoms. The van der Waals surface area contributed by atoms with Crippen molar-refractivity contribution in [1.82, 2.24) is 9.38 Å². The van der Waals surface area contributed by atoms with Gasteiger partial charge in [0.2, 0.25) is 0 Å². The van der Waals surface area contributed by atoms with Crippen LogP contribution in [0.15, 0.2) is 37.1 Å². The smallest absolute Gasteiger partial charge is 0.356 e. The maximum atomic E-state index is 11.3. The first-order chi connectivity index (χ1) is 9.24. The average molecular weight is 277 g/mol. The standard InChI is InChI=1S/C13H15N3O2S/c1-2-8-19-9-6-14-12-11(13(17)18)16-7-4-3-5-10(16)15-12/h2-5,7,14H,1,6,8-9H2,(H,17,18). The molecule has 0 spiro atoms. The van der Waals surface area contributed by atoms with Crippen molar-refractivity contribution < 1.29 is 9.90 Å². The van der Waals surface area contributed by atoms with Crippen LogP contribution in [0.1, 0.15) is 10.5 Å². The molecule has 0 saturated heterocycles. The van der Waals surface area contributed by atoms with Crippen molar-refractivity contribution in [3.63, 3.8) is 0 Å². The van der Waals surface area contributed by atoms with E-state index in [9.17, 15) is 9.90 Å². The highest BCUT2D eigenvalue weighted by Crippen LogP contribution is 2.17. The van der Waals surface area contributed by atoms with Crippen LogP contribution in [-0.4, -0.2) is 38.5 Å². The van der Waals surface area contributed by atoms with Crippen molar-refractivity contribution in [2.24, 2.45) is 0 Å². The van der Waals surface area contributed by atoms with Gasteiger partial charge >= 0.3 is 5.97 Å². The molecule has 0 bridgehead atoms. The Labute approximate surface area is 115 Å². The number of anilines is 1. The summed E-state index contributed by atoms with van der Waals surface area (Å²) >= 11 is 1.73. The molecule has 0 aliphatic heterocycles. The second-order valence-electron chi connectivity index (χ2n) is 3.83. The molecule has 2 heterocycles. The second kappa shape index (κ2) is 6.29. The molecule has 0 aliphatic carbocycles. The summed E-state index contributed by atoms with van der Waals surface area (Å²) in [6.45, 7) is 4.32. The van der Waals surface area contributed by atoms with Gasteiger partial charge in [-0.3, -0.25) is 4.40 Å². The molecule has 0 radical (unpaired) electrons. The molecule has 0 unspecified atom stereocenters. The monoisotopic (exact) mass is 277 g/mol. The van der Waals surface area contributed by atoms with Crippen LogP contribution in [0.3, 0.4) is 0 Å². The minimum atomic E-state index is -0.986. The number of rotatable bonds is 7. The zero-order chi connectivity index (χ0) is 13.7. The fraction of sp³-hybridized carbons (Fsp3) is 0.231. The Bertz CT molecular complexity index is 595. The molecule has 2 rings (SSSR count). The first kappa shape index (κ1) is 13.5. The number of hydrogen-bond donors (Lipinski definition) is 2. The number of nitrogens with zero attached hydrogens (tertiary/aromatic N) is 2. The quantitative estimate of drug-likeness (QED) is 0.601. The molecule has 0 atom stereocenters. The first-order valence-corrected chi connectivity index (χ1v) is 7.02. The summed E-state index contributed by atoms with van der Waals surface area (Å²) in [5.74, 6) is 1.19. The third kappa shape index (κ3) is 3.08. The molecular weight excluding hydrogens is 262 g/mol. The number of carbonyl (C=O) groups is 1. The highest BCUT2D eigenvalue weighted by Gasteiger charge is 2.17. The SMILES string of the molecule is C=CCSCCNc1nc2ccccn2c1C(=O)O. The number of aromatic carboxylic acids is 1. The number of pyridine rings is 1. The van der Waals surface area contributed by atoms with Crippen LogP contribution in [0.25, 0.3) is 5.65 Å². The third-order valence-corrected chi connectivity index (χ3v) is 3.47. The van der Waals surface area contributed by atoms with Gasteiger partial charge < -0.3 is 10.4 Å². The molecule has 0 aromatic carbocycles. The topological polar surface area (TPSA) is 66.6 Å². The number of imidazole rings is 1. The van der Waals surface area contributed by atoms with Crippen LogP contribution in [0, 0.1) is 0 Å². The molecule has 0 amide bonds. The zero-order valence-electron chi connectivity index (χ0n) is 10.4. The third-order valence-electron chi connectivity index (χ3n) is 2.51. The highest BCUT2D eigenvalue weighted by molar-refractivity contribution is 7.99. The molecule has 100 valence electrons. The van der Waals surface area contributed by atoms with Gasteiger partial charge in [-0.1, -0.05) is 12.1 Å². The number of hydrogen-bond acceptors (Lipinski definition) is 4. The Balaban J connectivity index is 2.15. The van der Waals surface area contributed by atoms with Gasteiger partial charge in [-0.15, -0.1) is 6.58 Å². The van der Waals surface area contributed by atoms with Crippen LogP contribution in [0.5, 0.6) is 0 Å². The number of fused-ring (bicyclic) bond motifs is 1. The van der Waals surface area contributed by atoms with Crippen molar-refractivity contribution in [1.29, 1.82) is 0 Å². The predicted octanol–water partition coefficient (Wildman–Crippen LogP) is 2.36. The lowest BCUT2D eigenvalue weighted by molar-refractivity contribution is 0.0690. The number of nitrogens with one attached hydrogen (secondary N) is 1. The van der Waals surface area contributed by atoms with Gasteiger partial charge in [0.1, 0.15) is 5.65 Å². The van der Waals surface area contributed by atoms with Crippen molar-refractivity contribution in [3.8, 4) is 0 Å². The van der Waals surface area contributed by atoms with Crippen LogP contribution < -0.4 is 5.32 Å². The Kier molecular flexibility index (Phi) is 4.46. The molecule has 2 aromatic rings. The number of aromatic nitrogens is 2. The fourth-order valence-electron chi connectivity index (χ4n) is 1.73. The summed E-state index contributed by atoms with van der Waals surface area (Å²) in [6, 6.07) is 5.40. The van der Waals surface area contributed by atoms with E-state index in [0.717, 1.165) is 11.5 Å². The normalized spacial score (nSPS) is 10.5. The van der Waals surface area contributed by atoms with E-state index in [4.69, 9.17) is 0 Å². The molecule has 2 N–H and O–H groups in total. The summed E-state index contributed by atoms with van der Waals surface area (Å²) in [4.78, 5) is 15.6. The lowest BCUT2D eigenvalue weighted by Crippen LogP contribution is -2.10. The van der Waals surface area contributed by atoms with Crippen LogP contribution in [0.4, 0.5) is 5.82 Å². The van der Waals surface area contributed by atoms with Gasteiger partial charge in [0.25, 0.3) is 0 Å². The number of carboxylic acid groups (broad SMARTS) is 1. The molecule has 0 saturated carbocycles. The number of carboxylic acids is 1. The molecule has 0 fully saturated rings. The summed E-state index contributed by atoms with van der Waals surface area (Å²) < 4.78 is 1.57. The van der Waals surface area contributed by atoms with Crippen LogP contribution >= 0.6 is 11.8 Å². The van der Waals surface area contributed by atoms with E-state index < -0.39 is 5.97 Å². The van der Waals surface area contributed by atoms with Crippen LogP contribution in [-0.2, 0) is 0 Å². The minimum Gasteiger partial charge on any atom is -0.476 e. The molecule has 0 aliphatic rings. The fourth-order valence-corrected chi connectivity index (χ4v) is 2.31. The maximum absolute atomic E-state index is 11.3. The van der Waals surface area contributed by atoms with Crippen molar-refractivity contribution in [2.45, 2.75) is 0 Å². The summed E-state index contributed by atoms with van der Waals surface area (Å²) in [5.41, 5.74) is 0.797. The van der Waals surface area contributed by atoms with E-state index in [1.807, 2.05) is 12.1 Å². The van der Waals surface area contributed by atoms with Crippen molar-refractivity contribution >= 4 is 29.2 Å². The predicted molar refractivity (Wildman–Crippen MR) is 78.2 cm³/mol. The van der Waals surface area contributed by atoms with Gasteiger partial charge in [-0.05, 0) is 12.1 Å². The molecular formula is C13H15N3O2S. The van der Waals surface area contributed by atoms with Crippen molar-refractivity contribution in [3.05, 3.63) is 42.7 Å². The Morgan fingerprint density at radius 3 is 3.16 bits per heavy atom. The Morgan fingerprint density at radius 1 is 1.58 bits per heavy atom. The van der Waals surface area contributed by atoms with Gasteiger partial charge in [0.05, 0.1) is 0 Å². The Hall–Kier alpha value is -1.95. The number of thioether (sulfide) groups is 1. The second-order valence-corrected chi connectivity index (χ2v) is 4.98. The van der Waals surface area contributed by atoms with Gasteiger partial charge in [0, 0.05) is 24.2 Å². The highest BCUT2D eigenvalue weighted by atomic mass is 32.2. The summed E-state index contributed by atoms with van der Waals surface area (Å²) in [7, 11) is 0. The van der Waals surface area contributed by atoms with E-state index in [1.165, 1.54) is 0 Å².